The molecule has 0 amide bonds. The van der Waals surface area contributed by atoms with Crippen molar-refractivity contribution in [2.45, 2.75) is 0 Å². The number of rotatable bonds is 2. The van der Waals surface area contributed by atoms with Crippen LogP contribution in [0.3, 0.4) is 0 Å². The highest BCUT2D eigenvalue weighted by Gasteiger charge is 1.67. The van der Waals surface area contributed by atoms with E-state index in [-0.39, 0.29) is 0 Å². The van der Waals surface area contributed by atoms with Gasteiger partial charge in [-0.3, -0.25) is 0 Å². The molecule has 2 N–H and O–H groups in total. The third-order valence-electron chi connectivity index (χ3n) is 0.236. The molecule has 0 aromatic heterocycles. The van der Waals surface area contributed by atoms with E-state index in [9.17, 15) is 0 Å². The molecule has 0 saturated heterocycles. The summed E-state index contributed by atoms with van der Waals surface area (Å²) in [5.74, 6) is 0. The van der Waals surface area contributed by atoms with Crippen molar-refractivity contribution in [3.8, 4) is 0 Å². The summed E-state index contributed by atoms with van der Waals surface area (Å²) in [4.78, 5) is 0. The van der Waals surface area contributed by atoms with Crippen LogP contribution in [0.4, 0.5) is 0 Å². The molecule has 0 saturated carbocycles. The van der Waals surface area contributed by atoms with Gasteiger partial charge in [0, 0.05) is 14.2 Å². The predicted molar refractivity (Wildman–Crippen MR) is 36.7 cm³/mol. The van der Waals surface area contributed by atoms with E-state index in [0.717, 1.165) is 10.4 Å². The molecule has 0 bridgehead atoms. The van der Waals surface area contributed by atoms with Crippen molar-refractivity contribution in [1.82, 2.24) is 0 Å². The Morgan fingerprint density at radius 1 is 1.29 bits per heavy atom. The molecule has 0 fully saturated rings. The molecule has 0 aromatic rings. The molecule has 0 heterocycles. The Kier molecular flexibility index (Phi) is 23.9. The molecule has 7 heavy (non-hydrogen) atoms. The first-order valence-electron chi connectivity index (χ1n) is 1.97. The Morgan fingerprint density at radius 3 is 1.57 bits per heavy atom. The molecule has 0 rings (SSSR count). The van der Waals surface area contributed by atoms with Crippen molar-refractivity contribution in [2.75, 3.05) is 14.2 Å². The van der Waals surface area contributed by atoms with Crippen LogP contribution < -0.4 is 5.40 Å². The third kappa shape index (κ3) is 21.9. The van der Waals surface area contributed by atoms with E-state index in [4.69, 9.17) is 0 Å². The van der Waals surface area contributed by atoms with Crippen LogP contribution in [0.1, 0.15) is 0 Å². The molecule has 46 valence electrons. The van der Waals surface area contributed by atoms with Crippen LogP contribution in [0.15, 0.2) is 0 Å². The van der Waals surface area contributed by atoms with Gasteiger partial charge in [0.1, 0.15) is 0 Å². The largest absolute Gasteiger partial charge is 0.402 e. The lowest BCUT2D eigenvalue weighted by molar-refractivity contribution is 0.309. The molecule has 3 nitrogen and oxygen atoms in total. The molecule has 0 aliphatic heterocycles. The van der Waals surface area contributed by atoms with Crippen molar-refractivity contribution in [2.24, 2.45) is 5.40 Å². The van der Waals surface area contributed by atoms with Crippen LogP contribution in [0.25, 0.3) is 0 Å². The van der Waals surface area contributed by atoms with Crippen LogP contribution in [-0.2, 0) is 8.85 Å². The summed E-state index contributed by atoms with van der Waals surface area (Å²) < 4.78 is 9.22. The lowest BCUT2D eigenvalue weighted by Gasteiger charge is -1.86. The summed E-state index contributed by atoms with van der Waals surface area (Å²) >= 11 is 0. The van der Waals surface area contributed by atoms with Crippen molar-refractivity contribution in [3.63, 3.8) is 0 Å². The van der Waals surface area contributed by atoms with E-state index in [1.165, 1.54) is 0 Å². The van der Waals surface area contributed by atoms with Gasteiger partial charge in [-0.05, 0) is 0 Å². The molecule has 0 radical (unpaired) electrons. The van der Waals surface area contributed by atoms with E-state index in [2.05, 4.69) is 14.3 Å². The predicted octanol–water partition coefficient (Wildman–Crippen LogP) is -2.50. The first-order valence-corrected chi connectivity index (χ1v) is 4.28. The first-order chi connectivity index (χ1) is 3.41. The number of hydrogen-bond acceptors (Lipinski definition) is 3. The molecule has 5 heteroatoms. The highest BCUT2D eigenvalue weighted by molar-refractivity contribution is 6.17. The minimum absolute atomic E-state index is 0.568. The maximum absolute atomic E-state index is 4.64. The fourth-order valence-corrected chi connectivity index (χ4v) is 0.354. The van der Waals surface area contributed by atoms with Crippen LogP contribution in [0.2, 0.25) is 0 Å². The van der Waals surface area contributed by atoms with Crippen LogP contribution in [0, 0.1) is 0 Å². The SMILES string of the molecule is CO[SiH2]OC.N[SiH3]. The minimum atomic E-state index is -0.568. The molecular formula is C2H13NO2Si2. The fraction of sp³-hybridized carbons (Fsp3) is 1.00. The van der Waals surface area contributed by atoms with E-state index in [1.54, 1.807) is 14.2 Å². The summed E-state index contributed by atoms with van der Waals surface area (Å²) in [5, 5.41) is 4.64. The summed E-state index contributed by atoms with van der Waals surface area (Å²) in [7, 11) is 3.53. The molecule has 0 spiro atoms. The Balaban J connectivity index is 0. The smallest absolute Gasteiger partial charge is 0.303 e. The standard InChI is InChI=1S/C2H8O2Si.H5NSi/c1-3-5-4-2;1-2/h5H2,1-2H3;1H2,2H3. The molecule has 0 aromatic carbocycles. The van der Waals surface area contributed by atoms with E-state index in [0.29, 0.717) is 0 Å². The van der Waals surface area contributed by atoms with E-state index < -0.39 is 10.0 Å². The lowest BCUT2D eigenvalue weighted by Crippen LogP contribution is -1.93. The van der Waals surface area contributed by atoms with Gasteiger partial charge >= 0.3 is 10.0 Å². The molecule has 0 aliphatic rings. The Bertz CT molecular complexity index is 21.2. The summed E-state index contributed by atoms with van der Waals surface area (Å²) in [5.41, 5.74) is 0. The zero-order valence-electron chi connectivity index (χ0n) is 5.10. The zero-order chi connectivity index (χ0) is 6.12. The van der Waals surface area contributed by atoms with Gasteiger partial charge in [0.25, 0.3) is 0 Å². The fourth-order valence-electron chi connectivity index (χ4n) is 0.118. The monoisotopic (exact) mass is 139 g/mol. The van der Waals surface area contributed by atoms with Gasteiger partial charge in [-0.25, -0.2) is 0 Å². The lowest BCUT2D eigenvalue weighted by atomic mass is 11.8. The summed E-state index contributed by atoms with van der Waals surface area (Å²) in [6, 6.07) is 0. The van der Waals surface area contributed by atoms with E-state index >= 15 is 0 Å². The maximum atomic E-state index is 4.64. The van der Waals surface area contributed by atoms with Gasteiger partial charge in [0.2, 0.25) is 0 Å². The number of hydrogen-bond donors (Lipinski definition) is 1. The average Bonchev–Trinajstić information content (AvgIpc) is 1.75. The number of nitrogens with two attached hydrogens (primary N) is 1. The van der Waals surface area contributed by atoms with Gasteiger partial charge in [0.05, 0.1) is 10.4 Å². The second-order valence-electron chi connectivity index (χ2n) is 0.695. The van der Waals surface area contributed by atoms with Gasteiger partial charge in [-0.2, -0.15) is 0 Å². The first kappa shape index (κ1) is 10.3. The van der Waals surface area contributed by atoms with Gasteiger partial charge < -0.3 is 14.3 Å². The van der Waals surface area contributed by atoms with Crippen molar-refractivity contribution >= 4 is 20.4 Å². The minimum Gasteiger partial charge on any atom is -0.402 e. The summed E-state index contributed by atoms with van der Waals surface area (Å²) in [6.45, 7) is 0. The topological polar surface area (TPSA) is 44.5 Å². The van der Waals surface area contributed by atoms with Crippen molar-refractivity contribution in [3.05, 3.63) is 0 Å². The Hall–Kier alpha value is 0.314. The normalized spacial score (nSPS) is 7.29. The Labute approximate surface area is 49.7 Å². The quantitative estimate of drug-likeness (QED) is 0.430. The zero-order valence-corrected chi connectivity index (χ0v) is 8.52. The summed E-state index contributed by atoms with van der Waals surface area (Å²) in [6.07, 6.45) is 0. The Morgan fingerprint density at radius 2 is 1.57 bits per heavy atom. The molecule has 0 atom stereocenters. The molecular weight excluding hydrogens is 126 g/mol. The van der Waals surface area contributed by atoms with Crippen LogP contribution >= 0.6 is 0 Å². The van der Waals surface area contributed by atoms with E-state index in [1.807, 2.05) is 0 Å². The van der Waals surface area contributed by atoms with Crippen molar-refractivity contribution < 1.29 is 8.85 Å². The molecule has 0 unspecified atom stereocenters. The second kappa shape index (κ2) is 16.2. The highest BCUT2D eigenvalue weighted by atomic mass is 28.3. The average molecular weight is 139 g/mol. The van der Waals surface area contributed by atoms with Gasteiger partial charge in [-0.15, -0.1) is 0 Å². The van der Waals surface area contributed by atoms with Crippen molar-refractivity contribution in [1.29, 1.82) is 0 Å². The van der Waals surface area contributed by atoms with Gasteiger partial charge in [-0.1, -0.05) is 0 Å². The highest BCUT2D eigenvalue weighted by Crippen LogP contribution is 1.55. The third-order valence-corrected chi connectivity index (χ3v) is 0.707. The maximum Gasteiger partial charge on any atom is 0.303 e. The van der Waals surface area contributed by atoms with Crippen LogP contribution in [-0.4, -0.2) is 34.6 Å². The molecule has 0 aliphatic carbocycles. The second-order valence-corrected chi connectivity index (χ2v) is 2.09. The van der Waals surface area contributed by atoms with Gasteiger partial charge in [0.15, 0.2) is 0 Å². The van der Waals surface area contributed by atoms with Crippen LogP contribution in [0.5, 0.6) is 0 Å².